The molecule has 0 bridgehead atoms. The molecule has 0 spiro atoms. The van der Waals surface area contributed by atoms with Crippen LogP contribution in [0.15, 0.2) is 48.5 Å². The van der Waals surface area contributed by atoms with Gasteiger partial charge in [0, 0.05) is 12.1 Å². The monoisotopic (exact) mass is 330 g/mol. The Hall–Kier alpha value is -2.76. The first-order chi connectivity index (χ1) is 11.6. The molecule has 2 amide bonds. The Bertz CT molecular complexity index is 745. The average molecular weight is 330 g/mol. The predicted molar refractivity (Wildman–Crippen MR) is 85.5 cm³/mol. The number of nitrogens with one attached hydrogen (secondary N) is 1. The number of benzene rings is 2. The molecule has 0 saturated carbocycles. The van der Waals surface area contributed by atoms with Crippen molar-refractivity contribution in [3.8, 4) is 0 Å². The molecule has 1 atom stereocenters. The van der Waals surface area contributed by atoms with Crippen LogP contribution < -0.4 is 5.32 Å². The summed E-state index contributed by atoms with van der Waals surface area (Å²) in [5.41, 5.74) is -0.00391. The molecule has 1 aliphatic rings. The molecule has 124 valence electrons. The number of carbonyl (C=O) groups excluding carboxylic acids is 2. The number of halogens is 2. The molecule has 2 aromatic rings. The molecule has 1 N–H and O–H groups in total. The van der Waals surface area contributed by atoms with E-state index in [0.717, 1.165) is 12.1 Å². The van der Waals surface area contributed by atoms with Crippen LogP contribution in [0, 0.1) is 11.6 Å². The van der Waals surface area contributed by atoms with E-state index in [1.165, 1.54) is 11.0 Å². The molecular formula is C18H16F2N2O2. The van der Waals surface area contributed by atoms with E-state index in [4.69, 9.17) is 0 Å². The van der Waals surface area contributed by atoms with Gasteiger partial charge in [-0.2, -0.15) is 0 Å². The van der Waals surface area contributed by atoms with Gasteiger partial charge in [-0.3, -0.25) is 9.59 Å². The molecule has 0 radical (unpaired) electrons. The molecule has 1 fully saturated rings. The van der Waals surface area contributed by atoms with E-state index in [9.17, 15) is 18.4 Å². The normalized spacial score (nSPS) is 16.9. The van der Waals surface area contributed by atoms with Crippen molar-refractivity contribution in [2.45, 2.75) is 18.9 Å². The Balaban J connectivity index is 1.78. The van der Waals surface area contributed by atoms with Gasteiger partial charge >= 0.3 is 0 Å². The summed E-state index contributed by atoms with van der Waals surface area (Å²) in [6.45, 7) is 0.436. The fourth-order valence-corrected chi connectivity index (χ4v) is 2.85. The number of anilines is 1. The van der Waals surface area contributed by atoms with Gasteiger partial charge in [-0.05, 0) is 37.1 Å². The van der Waals surface area contributed by atoms with E-state index < -0.39 is 29.3 Å². The van der Waals surface area contributed by atoms with Gasteiger partial charge in [0.2, 0.25) is 5.91 Å². The van der Waals surface area contributed by atoms with Gasteiger partial charge in [0.05, 0.1) is 0 Å². The van der Waals surface area contributed by atoms with Crippen molar-refractivity contribution in [1.29, 1.82) is 0 Å². The molecule has 0 aliphatic carbocycles. The molecular weight excluding hydrogens is 314 g/mol. The molecule has 0 unspecified atom stereocenters. The lowest BCUT2D eigenvalue weighted by atomic mass is 10.1. The van der Waals surface area contributed by atoms with E-state index in [-0.39, 0.29) is 5.91 Å². The fraction of sp³-hybridized carbons (Fsp3) is 0.222. The number of hydrogen-bond acceptors (Lipinski definition) is 2. The minimum Gasteiger partial charge on any atom is -0.327 e. The third-order valence-electron chi connectivity index (χ3n) is 4.05. The van der Waals surface area contributed by atoms with Crippen molar-refractivity contribution in [3.05, 3.63) is 65.7 Å². The second kappa shape index (κ2) is 6.78. The fourth-order valence-electron chi connectivity index (χ4n) is 2.85. The number of nitrogens with zero attached hydrogens (tertiary/aromatic N) is 1. The number of amides is 2. The average Bonchev–Trinajstić information content (AvgIpc) is 3.08. The maximum absolute atomic E-state index is 13.7. The summed E-state index contributed by atoms with van der Waals surface area (Å²) in [4.78, 5) is 26.4. The maximum Gasteiger partial charge on any atom is 0.254 e. The standard InChI is InChI=1S/C18H16F2N2O2/c19-13-8-4-9-14(20)16(13)21-17(23)15-10-5-11-22(15)18(24)12-6-2-1-3-7-12/h1-4,6-9,15H,5,10-11H2,(H,21,23)/t15-/m0/s1. The van der Waals surface area contributed by atoms with Gasteiger partial charge < -0.3 is 10.2 Å². The van der Waals surface area contributed by atoms with Crippen LogP contribution >= 0.6 is 0 Å². The van der Waals surface area contributed by atoms with E-state index in [0.29, 0.717) is 24.9 Å². The van der Waals surface area contributed by atoms with E-state index in [1.54, 1.807) is 30.3 Å². The van der Waals surface area contributed by atoms with E-state index in [2.05, 4.69) is 5.32 Å². The zero-order valence-electron chi connectivity index (χ0n) is 12.8. The van der Waals surface area contributed by atoms with Crippen molar-refractivity contribution < 1.29 is 18.4 Å². The molecule has 6 heteroatoms. The third kappa shape index (κ3) is 3.13. The summed E-state index contributed by atoms with van der Waals surface area (Å²) in [7, 11) is 0. The Morgan fingerprint density at radius 3 is 2.33 bits per heavy atom. The SMILES string of the molecule is O=C(Nc1c(F)cccc1F)[C@@H]1CCCN1C(=O)c1ccccc1. The Labute approximate surface area is 138 Å². The van der Waals surface area contributed by atoms with Gasteiger partial charge in [0.15, 0.2) is 0 Å². The van der Waals surface area contributed by atoms with E-state index >= 15 is 0 Å². The third-order valence-corrected chi connectivity index (χ3v) is 4.05. The molecule has 1 heterocycles. The highest BCUT2D eigenvalue weighted by Crippen LogP contribution is 2.24. The van der Waals surface area contributed by atoms with Crippen LogP contribution in [0.25, 0.3) is 0 Å². The summed E-state index contributed by atoms with van der Waals surface area (Å²) >= 11 is 0. The van der Waals surface area contributed by atoms with Gasteiger partial charge in [0.1, 0.15) is 23.4 Å². The maximum atomic E-state index is 13.7. The molecule has 2 aromatic carbocycles. The van der Waals surface area contributed by atoms with Crippen LogP contribution in [0.3, 0.4) is 0 Å². The number of likely N-dealkylation sites (tertiary alicyclic amines) is 1. The molecule has 24 heavy (non-hydrogen) atoms. The van der Waals surface area contributed by atoms with Gasteiger partial charge in [0.25, 0.3) is 5.91 Å². The van der Waals surface area contributed by atoms with Crippen molar-refractivity contribution >= 4 is 17.5 Å². The Morgan fingerprint density at radius 2 is 1.67 bits per heavy atom. The first-order valence-electron chi connectivity index (χ1n) is 7.69. The molecule has 0 aromatic heterocycles. The smallest absolute Gasteiger partial charge is 0.254 e. The van der Waals surface area contributed by atoms with E-state index in [1.807, 2.05) is 0 Å². The Morgan fingerprint density at radius 1 is 1.00 bits per heavy atom. The molecule has 3 rings (SSSR count). The number of carbonyl (C=O) groups is 2. The first-order valence-corrected chi connectivity index (χ1v) is 7.69. The quantitative estimate of drug-likeness (QED) is 0.939. The zero-order chi connectivity index (χ0) is 17.1. The number of rotatable bonds is 3. The summed E-state index contributed by atoms with van der Waals surface area (Å²) in [5.74, 6) is -2.53. The predicted octanol–water partition coefficient (Wildman–Crippen LogP) is 3.21. The lowest BCUT2D eigenvalue weighted by molar-refractivity contribution is -0.119. The molecule has 4 nitrogen and oxygen atoms in total. The van der Waals surface area contributed by atoms with Crippen LogP contribution in [-0.4, -0.2) is 29.3 Å². The summed E-state index contributed by atoms with van der Waals surface area (Å²) in [5, 5.41) is 2.27. The van der Waals surface area contributed by atoms with Crippen molar-refractivity contribution in [3.63, 3.8) is 0 Å². The highest BCUT2D eigenvalue weighted by molar-refractivity contribution is 6.01. The van der Waals surface area contributed by atoms with Gasteiger partial charge in [-0.15, -0.1) is 0 Å². The van der Waals surface area contributed by atoms with Crippen LogP contribution in [0.5, 0.6) is 0 Å². The molecule has 1 aliphatic heterocycles. The van der Waals surface area contributed by atoms with Crippen molar-refractivity contribution in [1.82, 2.24) is 4.90 Å². The number of para-hydroxylation sites is 1. The lowest BCUT2D eigenvalue weighted by Crippen LogP contribution is -2.43. The van der Waals surface area contributed by atoms with Crippen LogP contribution in [0.4, 0.5) is 14.5 Å². The van der Waals surface area contributed by atoms with Crippen LogP contribution in [-0.2, 0) is 4.79 Å². The molecule has 1 saturated heterocycles. The summed E-state index contributed by atoms with van der Waals surface area (Å²) < 4.78 is 27.4. The zero-order valence-corrected chi connectivity index (χ0v) is 12.8. The summed E-state index contributed by atoms with van der Waals surface area (Å²) in [6.07, 6.45) is 1.12. The highest BCUT2D eigenvalue weighted by Gasteiger charge is 2.35. The lowest BCUT2D eigenvalue weighted by Gasteiger charge is -2.24. The minimum atomic E-state index is -0.845. The topological polar surface area (TPSA) is 49.4 Å². The first kappa shape index (κ1) is 16.1. The number of hydrogen-bond donors (Lipinski definition) is 1. The second-order valence-corrected chi connectivity index (χ2v) is 5.61. The minimum absolute atomic E-state index is 0.262. The van der Waals surface area contributed by atoms with Gasteiger partial charge in [-0.1, -0.05) is 24.3 Å². The highest BCUT2D eigenvalue weighted by atomic mass is 19.1. The van der Waals surface area contributed by atoms with Crippen molar-refractivity contribution in [2.75, 3.05) is 11.9 Å². The second-order valence-electron chi connectivity index (χ2n) is 5.61. The van der Waals surface area contributed by atoms with Gasteiger partial charge in [-0.25, -0.2) is 8.78 Å². The van der Waals surface area contributed by atoms with Crippen LogP contribution in [0.1, 0.15) is 23.2 Å². The largest absolute Gasteiger partial charge is 0.327 e. The Kier molecular flexibility index (Phi) is 4.55. The van der Waals surface area contributed by atoms with Crippen LogP contribution in [0.2, 0.25) is 0 Å². The van der Waals surface area contributed by atoms with Crippen molar-refractivity contribution in [2.24, 2.45) is 0 Å². The summed E-state index contributed by atoms with van der Waals surface area (Å²) in [6, 6.07) is 11.3.